The molecule has 0 aliphatic rings. The van der Waals surface area contributed by atoms with Crippen LogP contribution in [0.3, 0.4) is 0 Å². The summed E-state index contributed by atoms with van der Waals surface area (Å²) in [5, 5.41) is 17.5. The molecular formula is C15H13N5. The quantitative estimate of drug-likeness (QED) is 0.785. The number of nitriles is 1. The normalized spacial score (nSPS) is 10.3. The van der Waals surface area contributed by atoms with Gasteiger partial charge in [-0.3, -0.25) is 4.68 Å². The van der Waals surface area contributed by atoms with Crippen LogP contribution in [0.5, 0.6) is 0 Å². The molecule has 0 aliphatic carbocycles. The first-order valence-electron chi connectivity index (χ1n) is 6.38. The van der Waals surface area contributed by atoms with Crippen LogP contribution in [0.2, 0.25) is 0 Å². The molecule has 3 aromatic rings. The van der Waals surface area contributed by atoms with Crippen LogP contribution in [-0.2, 0) is 6.54 Å². The number of para-hydroxylation sites is 1. The third-order valence-electron chi connectivity index (χ3n) is 3.04. The maximum atomic E-state index is 9.22. The van der Waals surface area contributed by atoms with E-state index in [0.29, 0.717) is 17.9 Å². The van der Waals surface area contributed by atoms with E-state index in [4.69, 9.17) is 0 Å². The maximum absolute atomic E-state index is 9.22. The summed E-state index contributed by atoms with van der Waals surface area (Å²) in [6, 6.07) is 13.5. The minimum absolute atomic E-state index is 0.636. The van der Waals surface area contributed by atoms with Gasteiger partial charge in [0.05, 0.1) is 23.7 Å². The highest BCUT2D eigenvalue weighted by Gasteiger charge is 2.04. The third kappa shape index (κ3) is 2.45. The Labute approximate surface area is 116 Å². The number of fused-ring (bicyclic) bond motifs is 1. The summed E-state index contributed by atoms with van der Waals surface area (Å²) >= 11 is 0. The number of rotatable bonds is 4. The van der Waals surface area contributed by atoms with Crippen molar-refractivity contribution in [2.24, 2.45) is 0 Å². The molecule has 0 saturated heterocycles. The Balaban J connectivity index is 1.80. The lowest BCUT2D eigenvalue weighted by molar-refractivity contribution is 0.637. The van der Waals surface area contributed by atoms with E-state index in [1.807, 2.05) is 41.2 Å². The van der Waals surface area contributed by atoms with Crippen LogP contribution in [0.1, 0.15) is 5.56 Å². The van der Waals surface area contributed by atoms with E-state index in [9.17, 15) is 5.26 Å². The molecule has 5 nitrogen and oxygen atoms in total. The first kappa shape index (κ1) is 12.2. The number of aromatic nitrogens is 3. The van der Waals surface area contributed by atoms with Crippen molar-refractivity contribution < 1.29 is 0 Å². The molecule has 20 heavy (non-hydrogen) atoms. The van der Waals surface area contributed by atoms with E-state index in [2.05, 4.69) is 21.5 Å². The van der Waals surface area contributed by atoms with Crippen molar-refractivity contribution in [1.82, 2.24) is 14.8 Å². The third-order valence-corrected chi connectivity index (χ3v) is 3.04. The topological polar surface area (TPSA) is 66.5 Å². The van der Waals surface area contributed by atoms with Gasteiger partial charge in [-0.2, -0.15) is 10.4 Å². The van der Waals surface area contributed by atoms with Gasteiger partial charge in [0, 0.05) is 24.3 Å². The second-order valence-electron chi connectivity index (χ2n) is 4.38. The number of nitrogens with one attached hydrogen (secondary N) is 1. The summed E-state index contributed by atoms with van der Waals surface area (Å²) in [5.74, 6) is 0.715. The predicted molar refractivity (Wildman–Crippen MR) is 77.2 cm³/mol. The van der Waals surface area contributed by atoms with Gasteiger partial charge in [0.1, 0.15) is 5.82 Å². The number of benzene rings is 1. The molecule has 0 aliphatic heterocycles. The van der Waals surface area contributed by atoms with Crippen molar-refractivity contribution in [2.45, 2.75) is 6.54 Å². The molecule has 0 saturated carbocycles. The molecule has 0 radical (unpaired) electrons. The lowest BCUT2D eigenvalue weighted by atomic mass is 10.1. The SMILES string of the molecule is N#Cc1cc(NCCn2cccn2)nc2ccccc12. The van der Waals surface area contributed by atoms with Crippen LogP contribution in [0.4, 0.5) is 5.82 Å². The van der Waals surface area contributed by atoms with Gasteiger partial charge in [-0.15, -0.1) is 0 Å². The second-order valence-corrected chi connectivity index (χ2v) is 4.38. The zero-order valence-corrected chi connectivity index (χ0v) is 10.8. The molecule has 2 heterocycles. The first-order chi connectivity index (χ1) is 9.86. The summed E-state index contributed by atoms with van der Waals surface area (Å²) in [6.45, 7) is 1.46. The van der Waals surface area contributed by atoms with Crippen LogP contribution < -0.4 is 5.32 Å². The molecule has 5 heteroatoms. The summed E-state index contributed by atoms with van der Waals surface area (Å²) in [4.78, 5) is 4.51. The fourth-order valence-corrected chi connectivity index (χ4v) is 2.09. The molecule has 0 unspecified atom stereocenters. The van der Waals surface area contributed by atoms with E-state index in [1.165, 1.54) is 0 Å². The van der Waals surface area contributed by atoms with Crippen LogP contribution in [0, 0.1) is 11.3 Å². The van der Waals surface area contributed by atoms with Gasteiger partial charge >= 0.3 is 0 Å². The number of hydrogen-bond donors (Lipinski definition) is 1. The smallest absolute Gasteiger partial charge is 0.128 e. The van der Waals surface area contributed by atoms with E-state index in [1.54, 1.807) is 12.3 Å². The van der Waals surface area contributed by atoms with Crippen LogP contribution in [0.15, 0.2) is 48.8 Å². The van der Waals surface area contributed by atoms with Gasteiger partial charge in [-0.05, 0) is 18.2 Å². The van der Waals surface area contributed by atoms with Crippen molar-refractivity contribution in [3.8, 4) is 6.07 Å². The van der Waals surface area contributed by atoms with Gasteiger partial charge in [0.15, 0.2) is 0 Å². The highest BCUT2D eigenvalue weighted by Crippen LogP contribution is 2.19. The standard InChI is InChI=1S/C15H13N5/c16-11-12-10-15(17-7-9-20-8-3-6-18-20)19-14-5-2-1-4-13(12)14/h1-6,8,10H,7,9H2,(H,17,19). The average Bonchev–Trinajstić information content (AvgIpc) is 2.99. The summed E-state index contributed by atoms with van der Waals surface area (Å²) in [6.07, 6.45) is 3.66. The van der Waals surface area contributed by atoms with Gasteiger partial charge < -0.3 is 5.32 Å². The molecular weight excluding hydrogens is 250 g/mol. The Morgan fingerprint density at radius 2 is 2.15 bits per heavy atom. The van der Waals surface area contributed by atoms with Crippen LogP contribution >= 0.6 is 0 Å². The van der Waals surface area contributed by atoms with E-state index >= 15 is 0 Å². The molecule has 1 aromatic carbocycles. The molecule has 3 rings (SSSR count). The molecule has 98 valence electrons. The molecule has 2 aromatic heterocycles. The second kappa shape index (κ2) is 5.41. The fourth-order valence-electron chi connectivity index (χ4n) is 2.09. The molecule has 1 N–H and O–H groups in total. The van der Waals surface area contributed by atoms with Crippen LogP contribution in [-0.4, -0.2) is 21.3 Å². The Kier molecular flexibility index (Phi) is 3.29. The highest BCUT2D eigenvalue weighted by molar-refractivity contribution is 5.86. The molecule has 0 spiro atoms. The van der Waals surface area contributed by atoms with E-state index in [0.717, 1.165) is 17.4 Å². The van der Waals surface area contributed by atoms with Crippen molar-refractivity contribution in [3.63, 3.8) is 0 Å². The average molecular weight is 263 g/mol. The zero-order valence-electron chi connectivity index (χ0n) is 10.8. The molecule has 0 amide bonds. The summed E-state index contributed by atoms with van der Waals surface area (Å²) in [7, 11) is 0. The maximum Gasteiger partial charge on any atom is 0.128 e. The van der Waals surface area contributed by atoms with Gasteiger partial charge in [-0.1, -0.05) is 18.2 Å². The Hall–Kier alpha value is -2.87. The monoisotopic (exact) mass is 263 g/mol. The van der Waals surface area contributed by atoms with Crippen molar-refractivity contribution in [2.75, 3.05) is 11.9 Å². The number of pyridine rings is 1. The molecule has 0 bridgehead atoms. The van der Waals surface area contributed by atoms with E-state index < -0.39 is 0 Å². The summed E-state index contributed by atoms with van der Waals surface area (Å²) in [5.41, 5.74) is 1.46. The minimum atomic E-state index is 0.636. The summed E-state index contributed by atoms with van der Waals surface area (Å²) < 4.78 is 1.85. The Bertz CT molecular complexity index is 756. The molecule has 0 fully saturated rings. The van der Waals surface area contributed by atoms with E-state index in [-0.39, 0.29) is 0 Å². The minimum Gasteiger partial charge on any atom is -0.368 e. The van der Waals surface area contributed by atoms with Gasteiger partial charge in [0.2, 0.25) is 0 Å². The van der Waals surface area contributed by atoms with Gasteiger partial charge in [0.25, 0.3) is 0 Å². The Morgan fingerprint density at radius 3 is 2.95 bits per heavy atom. The van der Waals surface area contributed by atoms with Gasteiger partial charge in [-0.25, -0.2) is 4.98 Å². The first-order valence-corrected chi connectivity index (χ1v) is 6.38. The zero-order chi connectivity index (χ0) is 13.8. The fraction of sp³-hybridized carbons (Fsp3) is 0.133. The van der Waals surface area contributed by atoms with Crippen molar-refractivity contribution >= 4 is 16.7 Å². The molecule has 0 atom stereocenters. The largest absolute Gasteiger partial charge is 0.368 e. The lowest BCUT2D eigenvalue weighted by Gasteiger charge is -2.08. The highest BCUT2D eigenvalue weighted by atomic mass is 15.3. The number of nitrogens with zero attached hydrogens (tertiary/aromatic N) is 4. The van der Waals surface area contributed by atoms with Crippen molar-refractivity contribution in [1.29, 1.82) is 5.26 Å². The lowest BCUT2D eigenvalue weighted by Crippen LogP contribution is -2.11. The van der Waals surface area contributed by atoms with Crippen LogP contribution in [0.25, 0.3) is 10.9 Å². The van der Waals surface area contributed by atoms with Crippen molar-refractivity contribution in [3.05, 3.63) is 54.4 Å². The predicted octanol–water partition coefficient (Wildman–Crippen LogP) is 2.42. The number of hydrogen-bond acceptors (Lipinski definition) is 4. The number of anilines is 1. The Morgan fingerprint density at radius 1 is 1.25 bits per heavy atom.